The van der Waals surface area contributed by atoms with Crippen LogP contribution in [0.25, 0.3) is 0 Å². The summed E-state index contributed by atoms with van der Waals surface area (Å²) in [6.07, 6.45) is 14.4. The van der Waals surface area contributed by atoms with Gasteiger partial charge in [-0.15, -0.1) is 0 Å². The Balaban J connectivity index is 2.13. The van der Waals surface area contributed by atoms with E-state index in [9.17, 15) is 0 Å². The molecule has 1 heteroatoms. The zero-order valence-electron chi connectivity index (χ0n) is 12.2. The summed E-state index contributed by atoms with van der Waals surface area (Å²) in [5, 5.41) is 0. The third kappa shape index (κ3) is 2.70. The molecule has 0 atom stereocenters. The highest BCUT2D eigenvalue weighted by atomic mass is 15.3. The van der Waals surface area contributed by atoms with Crippen molar-refractivity contribution in [3.63, 3.8) is 0 Å². The molecule has 0 unspecified atom stereocenters. The van der Waals surface area contributed by atoms with E-state index in [0.717, 1.165) is 0 Å². The first-order chi connectivity index (χ1) is 8.11. The predicted octanol–water partition coefficient (Wildman–Crippen LogP) is 4.75. The molecule has 1 nitrogen and oxygen atoms in total. The van der Waals surface area contributed by atoms with Gasteiger partial charge in [-0.3, -0.25) is 4.90 Å². The van der Waals surface area contributed by atoms with Crippen LogP contribution in [-0.4, -0.2) is 22.5 Å². The van der Waals surface area contributed by atoms with E-state index in [4.69, 9.17) is 0 Å². The van der Waals surface area contributed by atoms with Gasteiger partial charge in [0.25, 0.3) is 0 Å². The van der Waals surface area contributed by atoms with Crippen LogP contribution in [0.15, 0.2) is 0 Å². The van der Waals surface area contributed by atoms with Crippen molar-refractivity contribution in [1.82, 2.24) is 4.90 Å². The molecule has 17 heavy (non-hydrogen) atoms. The minimum atomic E-state index is 0.499. The van der Waals surface area contributed by atoms with Crippen molar-refractivity contribution in [1.29, 1.82) is 0 Å². The van der Waals surface area contributed by atoms with Gasteiger partial charge in [-0.1, -0.05) is 45.4 Å². The molecule has 0 amide bonds. The van der Waals surface area contributed by atoms with E-state index in [1.807, 2.05) is 0 Å². The second kappa shape index (κ2) is 5.30. The van der Waals surface area contributed by atoms with Crippen LogP contribution in [0.1, 0.15) is 85.0 Å². The zero-order valence-corrected chi connectivity index (χ0v) is 12.2. The Kier molecular flexibility index (Phi) is 4.18. The molecule has 100 valence electrons. The van der Waals surface area contributed by atoms with E-state index < -0.39 is 0 Å². The first-order valence-corrected chi connectivity index (χ1v) is 7.88. The van der Waals surface area contributed by atoms with Crippen LogP contribution >= 0.6 is 0 Å². The molecule has 0 radical (unpaired) electrons. The van der Waals surface area contributed by atoms with Gasteiger partial charge in [0.1, 0.15) is 0 Å². The Bertz CT molecular complexity index is 210. The maximum absolute atomic E-state index is 2.89. The normalized spacial score (nSPS) is 28.2. The molecule has 0 aliphatic heterocycles. The minimum absolute atomic E-state index is 0.499. The van der Waals surface area contributed by atoms with Crippen molar-refractivity contribution >= 4 is 0 Å². The summed E-state index contributed by atoms with van der Waals surface area (Å²) in [4.78, 5) is 2.89. The van der Waals surface area contributed by atoms with Crippen LogP contribution < -0.4 is 0 Å². The lowest BCUT2D eigenvalue weighted by atomic mass is 9.74. The average molecular weight is 237 g/mol. The second-order valence-electron chi connectivity index (χ2n) is 6.86. The van der Waals surface area contributed by atoms with E-state index in [-0.39, 0.29) is 0 Å². The molecule has 2 aliphatic carbocycles. The van der Waals surface area contributed by atoms with Crippen LogP contribution in [0.5, 0.6) is 0 Å². The lowest BCUT2D eigenvalue weighted by molar-refractivity contribution is -0.0395. The summed E-state index contributed by atoms with van der Waals surface area (Å²) < 4.78 is 0. The third-order valence-corrected chi connectivity index (χ3v) is 5.48. The van der Waals surface area contributed by atoms with Crippen molar-refractivity contribution < 1.29 is 0 Å². The molecule has 2 fully saturated rings. The maximum Gasteiger partial charge on any atom is 0.0186 e. The minimum Gasteiger partial charge on any atom is -0.293 e. The van der Waals surface area contributed by atoms with E-state index in [0.29, 0.717) is 11.1 Å². The molecule has 0 N–H and O–H groups in total. The molecule has 2 aliphatic rings. The van der Waals surface area contributed by atoms with Crippen molar-refractivity contribution in [3.05, 3.63) is 0 Å². The molecule has 0 heterocycles. The highest BCUT2D eigenvalue weighted by Crippen LogP contribution is 2.42. The van der Waals surface area contributed by atoms with E-state index in [1.165, 1.54) is 70.8 Å². The molecule has 0 aromatic rings. The van der Waals surface area contributed by atoms with E-state index in [1.54, 1.807) is 0 Å². The first-order valence-electron chi connectivity index (χ1n) is 7.88. The molecule has 2 rings (SSSR count). The smallest absolute Gasteiger partial charge is 0.0186 e. The number of nitrogens with zero attached hydrogens (tertiary/aromatic N) is 1. The van der Waals surface area contributed by atoms with Gasteiger partial charge in [-0.2, -0.15) is 0 Å². The summed E-state index contributed by atoms with van der Waals surface area (Å²) in [5.74, 6) is 0. The SMILES string of the molecule is CCN(C1(C)CCCCC1)C1(C)CCCCC1. The Hall–Kier alpha value is -0.0400. The number of rotatable bonds is 3. The summed E-state index contributed by atoms with van der Waals surface area (Å²) >= 11 is 0. The Morgan fingerprint density at radius 3 is 1.35 bits per heavy atom. The van der Waals surface area contributed by atoms with Crippen LogP contribution in [-0.2, 0) is 0 Å². The number of hydrogen-bond donors (Lipinski definition) is 0. The fraction of sp³-hybridized carbons (Fsp3) is 1.00. The van der Waals surface area contributed by atoms with Crippen LogP contribution in [0.2, 0.25) is 0 Å². The lowest BCUT2D eigenvalue weighted by Crippen LogP contribution is -2.59. The van der Waals surface area contributed by atoms with Crippen molar-refractivity contribution in [2.45, 2.75) is 96.1 Å². The molecular formula is C16H31N. The van der Waals surface area contributed by atoms with Crippen LogP contribution in [0.3, 0.4) is 0 Å². The van der Waals surface area contributed by atoms with Gasteiger partial charge in [-0.05, 0) is 46.1 Å². The fourth-order valence-corrected chi connectivity index (χ4v) is 4.58. The fourth-order valence-electron chi connectivity index (χ4n) is 4.58. The van der Waals surface area contributed by atoms with Crippen molar-refractivity contribution in [2.24, 2.45) is 0 Å². The molecule has 0 spiro atoms. The topological polar surface area (TPSA) is 3.24 Å². The molecule has 0 saturated heterocycles. The first kappa shape index (κ1) is 13.4. The molecule has 0 aromatic carbocycles. The van der Waals surface area contributed by atoms with Gasteiger partial charge in [-0.25, -0.2) is 0 Å². The Morgan fingerprint density at radius 1 is 0.706 bits per heavy atom. The van der Waals surface area contributed by atoms with Crippen LogP contribution in [0.4, 0.5) is 0 Å². The summed E-state index contributed by atoms with van der Waals surface area (Å²) in [5.41, 5.74) is 0.998. The van der Waals surface area contributed by atoms with Crippen molar-refractivity contribution in [2.75, 3.05) is 6.54 Å². The third-order valence-electron chi connectivity index (χ3n) is 5.48. The zero-order chi connectivity index (χ0) is 12.4. The molecule has 0 bridgehead atoms. The standard InChI is InChI=1S/C16H31N/c1-4-17(15(2)11-7-5-8-12-15)16(3)13-9-6-10-14-16/h4-14H2,1-3H3. The summed E-state index contributed by atoms with van der Waals surface area (Å²) in [7, 11) is 0. The van der Waals surface area contributed by atoms with Gasteiger partial charge < -0.3 is 0 Å². The molecule has 2 saturated carbocycles. The number of hydrogen-bond acceptors (Lipinski definition) is 1. The molecule has 0 aromatic heterocycles. The monoisotopic (exact) mass is 237 g/mol. The van der Waals surface area contributed by atoms with Gasteiger partial charge in [0, 0.05) is 11.1 Å². The largest absolute Gasteiger partial charge is 0.293 e. The lowest BCUT2D eigenvalue weighted by Gasteiger charge is -2.54. The van der Waals surface area contributed by atoms with Gasteiger partial charge in [0.15, 0.2) is 0 Å². The van der Waals surface area contributed by atoms with Gasteiger partial charge >= 0.3 is 0 Å². The van der Waals surface area contributed by atoms with Crippen molar-refractivity contribution in [3.8, 4) is 0 Å². The summed E-state index contributed by atoms with van der Waals surface area (Å²) in [6, 6.07) is 0. The second-order valence-corrected chi connectivity index (χ2v) is 6.86. The predicted molar refractivity (Wildman–Crippen MR) is 75.4 cm³/mol. The highest BCUT2D eigenvalue weighted by molar-refractivity contribution is 4.99. The maximum atomic E-state index is 2.89. The Morgan fingerprint density at radius 2 is 1.06 bits per heavy atom. The van der Waals surface area contributed by atoms with Gasteiger partial charge in [0.05, 0.1) is 0 Å². The Labute approximate surface area is 108 Å². The van der Waals surface area contributed by atoms with Crippen LogP contribution in [0, 0.1) is 0 Å². The van der Waals surface area contributed by atoms with E-state index >= 15 is 0 Å². The summed E-state index contributed by atoms with van der Waals surface area (Å²) in [6.45, 7) is 8.69. The molecular weight excluding hydrogens is 206 g/mol. The van der Waals surface area contributed by atoms with E-state index in [2.05, 4.69) is 25.7 Å². The highest BCUT2D eigenvalue weighted by Gasteiger charge is 2.42. The van der Waals surface area contributed by atoms with Gasteiger partial charge in [0.2, 0.25) is 0 Å². The quantitative estimate of drug-likeness (QED) is 0.684. The average Bonchev–Trinajstić information content (AvgIpc) is 2.31.